The zero-order chi connectivity index (χ0) is 23.2. The van der Waals surface area contributed by atoms with Crippen LogP contribution < -0.4 is 15.1 Å². The van der Waals surface area contributed by atoms with Crippen molar-refractivity contribution in [3.8, 4) is 0 Å². The third-order valence-electron chi connectivity index (χ3n) is 6.26. The van der Waals surface area contributed by atoms with E-state index >= 15 is 0 Å². The van der Waals surface area contributed by atoms with E-state index in [-0.39, 0.29) is 18.2 Å². The molecule has 1 atom stereocenters. The van der Waals surface area contributed by atoms with Crippen molar-refractivity contribution in [3.05, 3.63) is 54.1 Å². The minimum Gasteiger partial charge on any atom is -0.462 e. The first-order chi connectivity index (χ1) is 16.1. The van der Waals surface area contributed by atoms with Crippen molar-refractivity contribution in [2.75, 3.05) is 41.4 Å². The molecule has 2 aromatic carbocycles. The number of carbonyl (C=O) groups is 3. The van der Waals surface area contributed by atoms with Gasteiger partial charge >= 0.3 is 5.97 Å². The molecule has 1 N–H and O–H groups in total. The molecule has 0 aromatic heterocycles. The third kappa shape index (κ3) is 5.35. The number of hydrogen-bond donors (Lipinski definition) is 1. The molecule has 2 fully saturated rings. The first-order valence-corrected chi connectivity index (χ1v) is 11.8. The van der Waals surface area contributed by atoms with Crippen LogP contribution in [-0.4, -0.2) is 44.0 Å². The van der Waals surface area contributed by atoms with E-state index in [9.17, 15) is 14.4 Å². The molecule has 0 radical (unpaired) electrons. The van der Waals surface area contributed by atoms with E-state index in [0.717, 1.165) is 31.6 Å². The van der Waals surface area contributed by atoms with E-state index in [1.165, 1.54) is 18.5 Å². The molecule has 33 heavy (non-hydrogen) atoms. The molecule has 2 heterocycles. The fourth-order valence-electron chi connectivity index (χ4n) is 4.34. The molecule has 7 heteroatoms. The number of anilines is 3. The Bertz CT molecular complexity index is 999. The summed E-state index contributed by atoms with van der Waals surface area (Å²) in [6.45, 7) is 4.82. The molecule has 0 aliphatic carbocycles. The normalized spacial score (nSPS) is 18.0. The lowest BCUT2D eigenvalue weighted by Gasteiger charge is -2.21. The van der Waals surface area contributed by atoms with Crippen molar-refractivity contribution in [3.63, 3.8) is 0 Å². The molecule has 1 unspecified atom stereocenters. The first kappa shape index (κ1) is 22.8. The number of carbonyl (C=O) groups excluding carboxylic acids is 3. The number of esters is 1. The number of nitrogens with zero attached hydrogens (tertiary/aromatic N) is 2. The summed E-state index contributed by atoms with van der Waals surface area (Å²) in [7, 11) is 0. The Balaban J connectivity index is 1.39. The summed E-state index contributed by atoms with van der Waals surface area (Å²) in [5.74, 6) is -1.29. The molecule has 2 amide bonds. The maximum atomic E-state index is 13.0. The van der Waals surface area contributed by atoms with Gasteiger partial charge in [-0.25, -0.2) is 4.79 Å². The van der Waals surface area contributed by atoms with Gasteiger partial charge in [0, 0.05) is 37.4 Å². The predicted molar refractivity (Wildman–Crippen MR) is 129 cm³/mol. The molecule has 2 aromatic rings. The Morgan fingerprint density at radius 2 is 1.73 bits per heavy atom. The van der Waals surface area contributed by atoms with Gasteiger partial charge in [0.25, 0.3) is 0 Å². The average Bonchev–Trinajstić information content (AvgIpc) is 3.50. The molecule has 0 spiro atoms. The number of nitrogens with one attached hydrogen (secondary N) is 1. The van der Waals surface area contributed by atoms with Crippen molar-refractivity contribution in [2.24, 2.45) is 5.92 Å². The molecule has 4 rings (SSSR count). The summed E-state index contributed by atoms with van der Waals surface area (Å²) < 4.78 is 5.30. The molecule has 0 saturated carbocycles. The quantitative estimate of drug-likeness (QED) is 0.482. The maximum absolute atomic E-state index is 13.0. The highest BCUT2D eigenvalue weighted by molar-refractivity contribution is 6.06. The summed E-state index contributed by atoms with van der Waals surface area (Å²) in [5.41, 5.74) is 2.70. The van der Waals surface area contributed by atoms with Gasteiger partial charge < -0.3 is 19.9 Å². The number of para-hydroxylation sites is 1. The molecular weight excluding hydrogens is 418 g/mol. The highest BCUT2D eigenvalue weighted by Gasteiger charge is 2.35. The van der Waals surface area contributed by atoms with E-state index in [1.807, 2.05) is 31.2 Å². The maximum Gasteiger partial charge on any atom is 0.340 e. The lowest BCUT2D eigenvalue weighted by molar-refractivity contribution is -0.122. The molecular formula is C26H31N3O4. The van der Waals surface area contributed by atoms with Crippen LogP contribution >= 0.6 is 0 Å². The Morgan fingerprint density at radius 1 is 1.03 bits per heavy atom. The minimum absolute atomic E-state index is 0.0728. The summed E-state index contributed by atoms with van der Waals surface area (Å²) in [4.78, 5) is 42.0. The van der Waals surface area contributed by atoms with Gasteiger partial charge in [-0.1, -0.05) is 25.5 Å². The van der Waals surface area contributed by atoms with Gasteiger partial charge in [-0.15, -0.1) is 0 Å². The van der Waals surface area contributed by atoms with Gasteiger partial charge in [0.05, 0.1) is 23.8 Å². The smallest absolute Gasteiger partial charge is 0.340 e. The minimum atomic E-state index is -0.486. The molecule has 2 saturated heterocycles. The van der Waals surface area contributed by atoms with Crippen molar-refractivity contribution in [1.82, 2.24) is 0 Å². The number of hydrogen-bond acceptors (Lipinski definition) is 5. The summed E-state index contributed by atoms with van der Waals surface area (Å²) in [5, 5.41) is 2.84. The Morgan fingerprint density at radius 3 is 2.45 bits per heavy atom. The molecule has 2 aliphatic heterocycles. The Labute approximate surface area is 194 Å². The van der Waals surface area contributed by atoms with Crippen LogP contribution in [0.3, 0.4) is 0 Å². The molecule has 0 bridgehead atoms. The lowest BCUT2D eigenvalue weighted by atomic mass is 10.1. The number of rotatable bonds is 8. The van der Waals surface area contributed by atoms with E-state index in [1.54, 1.807) is 29.2 Å². The summed E-state index contributed by atoms with van der Waals surface area (Å²) >= 11 is 0. The van der Waals surface area contributed by atoms with E-state index in [2.05, 4.69) is 10.2 Å². The van der Waals surface area contributed by atoms with Gasteiger partial charge in [0.1, 0.15) is 0 Å². The van der Waals surface area contributed by atoms with Crippen molar-refractivity contribution >= 4 is 34.8 Å². The second-order valence-corrected chi connectivity index (χ2v) is 8.64. The monoisotopic (exact) mass is 449 g/mol. The molecule has 7 nitrogen and oxygen atoms in total. The molecule has 2 aliphatic rings. The van der Waals surface area contributed by atoms with E-state index < -0.39 is 11.9 Å². The Hall–Kier alpha value is -3.35. The first-order valence-electron chi connectivity index (χ1n) is 11.8. The fraction of sp³-hybridized carbons (Fsp3) is 0.423. The molecule has 174 valence electrons. The van der Waals surface area contributed by atoms with Crippen molar-refractivity contribution in [2.45, 2.75) is 39.0 Å². The van der Waals surface area contributed by atoms with Gasteiger partial charge in [-0.2, -0.15) is 0 Å². The van der Waals surface area contributed by atoms with Gasteiger partial charge in [-0.05, 0) is 55.7 Å². The summed E-state index contributed by atoms with van der Waals surface area (Å²) in [6, 6.07) is 14.8. The van der Waals surface area contributed by atoms with Gasteiger partial charge in [0.2, 0.25) is 11.8 Å². The van der Waals surface area contributed by atoms with E-state index in [4.69, 9.17) is 4.74 Å². The zero-order valence-corrected chi connectivity index (χ0v) is 19.1. The second kappa shape index (κ2) is 10.5. The van der Waals surface area contributed by atoms with Crippen LogP contribution in [0.4, 0.5) is 17.1 Å². The number of unbranched alkanes of at least 4 members (excludes halogenated alkanes) is 1. The summed E-state index contributed by atoms with van der Waals surface area (Å²) in [6.07, 6.45) is 4.28. The van der Waals surface area contributed by atoms with Gasteiger partial charge in [-0.3, -0.25) is 9.59 Å². The standard InChI is InChI=1S/C26H31N3O4/c1-2-3-16-33-26(32)22-8-4-5-9-23(22)27-25(31)19-17-24(30)29(18-19)21-12-10-20(11-13-21)28-14-6-7-15-28/h4-5,8-13,19H,2-3,6-7,14-18H2,1H3,(H,27,31). The van der Waals surface area contributed by atoms with Crippen LogP contribution in [0.1, 0.15) is 49.4 Å². The predicted octanol–water partition coefficient (Wildman–Crippen LogP) is 4.24. The number of ether oxygens (including phenoxy) is 1. The Kier molecular flexibility index (Phi) is 7.27. The van der Waals surface area contributed by atoms with Crippen LogP contribution in [0.2, 0.25) is 0 Å². The van der Waals surface area contributed by atoms with Crippen LogP contribution in [-0.2, 0) is 14.3 Å². The number of benzene rings is 2. The third-order valence-corrected chi connectivity index (χ3v) is 6.26. The highest BCUT2D eigenvalue weighted by atomic mass is 16.5. The van der Waals surface area contributed by atoms with Crippen LogP contribution in [0.15, 0.2) is 48.5 Å². The topological polar surface area (TPSA) is 78.9 Å². The average molecular weight is 450 g/mol. The second-order valence-electron chi connectivity index (χ2n) is 8.64. The van der Waals surface area contributed by atoms with Crippen LogP contribution in [0.5, 0.6) is 0 Å². The lowest BCUT2D eigenvalue weighted by Crippen LogP contribution is -2.28. The SMILES string of the molecule is CCCCOC(=O)c1ccccc1NC(=O)C1CC(=O)N(c2ccc(N3CCCC3)cc2)C1. The number of amides is 2. The fourth-order valence-corrected chi connectivity index (χ4v) is 4.34. The van der Waals surface area contributed by atoms with E-state index in [0.29, 0.717) is 24.4 Å². The zero-order valence-electron chi connectivity index (χ0n) is 19.1. The largest absolute Gasteiger partial charge is 0.462 e. The van der Waals surface area contributed by atoms with Crippen molar-refractivity contribution < 1.29 is 19.1 Å². The van der Waals surface area contributed by atoms with Crippen LogP contribution in [0.25, 0.3) is 0 Å². The van der Waals surface area contributed by atoms with Crippen molar-refractivity contribution in [1.29, 1.82) is 0 Å². The van der Waals surface area contributed by atoms with Crippen LogP contribution in [0, 0.1) is 5.92 Å². The van der Waals surface area contributed by atoms with Gasteiger partial charge in [0.15, 0.2) is 0 Å². The highest BCUT2D eigenvalue weighted by Crippen LogP contribution is 2.29.